The molecule has 50 valence electrons. The highest BCUT2D eigenvalue weighted by molar-refractivity contribution is 7.42. The Morgan fingerprint density at radius 2 is 2.11 bits per heavy atom. The van der Waals surface area contributed by atoms with Gasteiger partial charge < -0.3 is 0 Å². The fourth-order valence-corrected chi connectivity index (χ4v) is 1.10. The van der Waals surface area contributed by atoms with E-state index in [1.165, 1.54) is 0 Å². The standard InChI is InChI=1S/C8H13P/c1-6-8(3,4)7(2)9-5/h1,9H,2H2,3-5H3. The Balaban J connectivity index is 4.19. The molecule has 1 heteroatoms. The molecule has 0 aromatic carbocycles. The summed E-state index contributed by atoms with van der Waals surface area (Å²) in [6.07, 6.45) is 5.28. The number of terminal acetylenes is 1. The summed E-state index contributed by atoms with van der Waals surface area (Å²) >= 11 is 0. The van der Waals surface area contributed by atoms with E-state index in [1.807, 2.05) is 13.8 Å². The predicted molar refractivity (Wildman–Crippen MR) is 46.0 cm³/mol. The Morgan fingerprint density at radius 1 is 1.67 bits per heavy atom. The van der Waals surface area contributed by atoms with Crippen molar-refractivity contribution < 1.29 is 0 Å². The highest BCUT2D eigenvalue weighted by Gasteiger charge is 2.15. The van der Waals surface area contributed by atoms with Gasteiger partial charge in [0.05, 0.1) is 0 Å². The largest absolute Gasteiger partial charge is 0.119 e. The quantitative estimate of drug-likeness (QED) is 0.408. The lowest BCUT2D eigenvalue weighted by Crippen LogP contribution is -2.06. The molecule has 0 aliphatic heterocycles. The molecule has 0 amide bonds. The second-order valence-electron chi connectivity index (χ2n) is 2.50. The van der Waals surface area contributed by atoms with Crippen LogP contribution in [-0.2, 0) is 0 Å². The lowest BCUT2D eigenvalue weighted by Gasteiger charge is -2.18. The van der Waals surface area contributed by atoms with Crippen molar-refractivity contribution in [3.63, 3.8) is 0 Å². The Labute approximate surface area is 59.5 Å². The fourth-order valence-electron chi connectivity index (χ4n) is 0.400. The molecular weight excluding hydrogens is 127 g/mol. The van der Waals surface area contributed by atoms with Crippen molar-refractivity contribution in [1.29, 1.82) is 0 Å². The van der Waals surface area contributed by atoms with Crippen LogP contribution < -0.4 is 0 Å². The molecule has 0 N–H and O–H groups in total. The first-order chi connectivity index (χ1) is 4.04. The molecule has 0 aromatic rings. The van der Waals surface area contributed by atoms with Crippen LogP contribution in [0.15, 0.2) is 11.9 Å². The van der Waals surface area contributed by atoms with E-state index < -0.39 is 0 Å². The molecule has 0 saturated heterocycles. The van der Waals surface area contributed by atoms with Gasteiger partial charge in [-0.1, -0.05) is 21.1 Å². The zero-order chi connectivity index (χ0) is 7.49. The highest BCUT2D eigenvalue weighted by Crippen LogP contribution is 2.34. The van der Waals surface area contributed by atoms with E-state index in [0.717, 1.165) is 13.9 Å². The van der Waals surface area contributed by atoms with Crippen LogP contribution in [-0.4, -0.2) is 6.66 Å². The van der Waals surface area contributed by atoms with E-state index in [1.54, 1.807) is 0 Å². The minimum atomic E-state index is -0.104. The van der Waals surface area contributed by atoms with Crippen molar-refractivity contribution in [2.45, 2.75) is 13.8 Å². The van der Waals surface area contributed by atoms with Crippen LogP contribution in [0.3, 0.4) is 0 Å². The van der Waals surface area contributed by atoms with E-state index in [2.05, 4.69) is 19.2 Å². The van der Waals surface area contributed by atoms with Gasteiger partial charge in [0.25, 0.3) is 0 Å². The van der Waals surface area contributed by atoms with E-state index in [4.69, 9.17) is 6.42 Å². The van der Waals surface area contributed by atoms with Crippen molar-refractivity contribution in [2.75, 3.05) is 6.66 Å². The number of rotatable bonds is 2. The van der Waals surface area contributed by atoms with E-state index in [9.17, 15) is 0 Å². The second kappa shape index (κ2) is 3.04. The molecule has 1 atom stereocenters. The molecule has 0 radical (unpaired) electrons. The first kappa shape index (κ1) is 8.73. The second-order valence-corrected chi connectivity index (χ2v) is 3.60. The Hall–Kier alpha value is -0.270. The summed E-state index contributed by atoms with van der Waals surface area (Å²) in [6, 6.07) is 0. The van der Waals surface area contributed by atoms with Crippen LogP contribution in [0.5, 0.6) is 0 Å². The van der Waals surface area contributed by atoms with Gasteiger partial charge in [-0.05, 0) is 25.8 Å². The molecule has 0 aliphatic rings. The molecule has 0 saturated carbocycles. The summed E-state index contributed by atoms with van der Waals surface area (Å²) in [5, 5.41) is 1.16. The third-order valence-corrected chi connectivity index (χ3v) is 2.65. The molecule has 0 bridgehead atoms. The smallest absolute Gasteiger partial charge is 0.0499 e. The van der Waals surface area contributed by atoms with Gasteiger partial charge in [0.1, 0.15) is 0 Å². The van der Waals surface area contributed by atoms with Gasteiger partial charge in [-0.2, -0.15) is 0 Å². The first-order valence-electron chi connectivity index (χ1n) is 2.89. The van der Waals surface area contributed by atoms with Gasteiger partial charge in [-0.25, -0.2) is 0 Å². The van der Waals surface area contributed by atoms with Crippen molar-refractivity contribution in [3.8, 4) is 12.3 Å². The number of hydrogen-bond acceptors (Lipinski definition) is 0. The van der Waals surface area contributed by atoms with Gasteiger partial charge in [-0.3, -0.25) is 0 Å². The van der Waals surface area contributed by atoms with Crippen LogP contribution in [0.4, 0.5) is 0 Å². The number of hydrogen-bond donors (Lipinski definition) is 0. The van der Waals surface area contributed by atoms with Gasteiger partial charge in [-0.15, -0.1) is 6.42 Å². The maximum atomic E-state index is 5.28. The average Bonchev–Trinajstić information content (AvgIpc) is 1.86. The Morgan fingerprint density at radius 3 is 2.22 bits per heavy atom. The zero-order valence-electron chi connectivity index (χ0n) is 6.28. The molecule has 0 rings (SSSR count). The topological polar surface area (TPSA) is 0 Å². The van der Waals surface area contributed by atoms with Gasteiger partial charge >= 0.3 is 0 Å². The average molecular weight is 140 g/mol. The third kappa shape index (κ3) is 2.20. The van der Waals surface area contributed by atoms with Crippen LogP contribution >= 0.6 is 8.58 Å². The SMILES string of the molecule is C#CC(C)(C)C(=C)PC. The normalized spacial score (nSPS) is 11.8. The molecular formula is C8H13P. The zero-order valence-corrected chi connectivity index (χ0v) is 7.28. The lowest BCUT2D eigenvalue weighted by atomic mass is 9.95. The summed E-state index contributed by atoms with van der Waals surface area (Å²) < 4.78 is 0. The van der Waals surface area contributed by atoms with Gasteiger partial charge in [0.2, 0.25) is 0 Å². The summed E-state index contributed by atoms with van der Waals surface area (Å²) in [5.41, 5.74) is -0.104. The lowest BCUT2D eigenvalue weighted by molar-refractivity contribution is 0.644. The van der Waals surface area contributed by atoms with Gasteiger partial charge in [0.15, 0.2) is 0 Å². The van der Waals surface area contributed by atoms with E-state index in [0.29, 0.717) is 0 Å². The van der Waals surface area contributed by atoms with E-state index in [-0.39, 0.29) is 5.41 Å². The number of allylic oxidation sites excluding steroid dienone is 1. The van der Waals surface area contributed by atoms with Crippen LogP contribution in [0, 0.1) is 17.8 Å². The molecule has 0 aromatic heterocycles. The van der Waals surface area contributed by atoms with Crippen LogP contribution in [0.2, 0.25) is 0 Å². The van der Waals surface area contributed by atoms with Crippen molar-refractivity contribution in [2.24, 2.45) is 5.41 Å². The maximum absolute atomic E-state index is 5.28. The van der Waals surface area contributed by atoms with Crippen molar-refractivity contribution in [3.05, 3.63) is 11.9 Å². The maximum Gasteiger partial charge on any atom is 0.0499 e. The monoisotopic (exact) mass is 140 g/mol. The van der Waals surface area contributed by atoms with Gasteiger partial charge in [0, 0.05) is 5.41 Å². The molecule has 1 unspecified atom stereocenters. The molecule has 0 nitrogen and oxygen atoms in total. The first-order valence-corrected chi connectivity index (χ1v) is 4.39. The Bertz CT molecular complexity index is 148. The van der Waals surface area contributed by atoms with Crippen molar-refractivity contribution in [1.82, 2.24) is 0 Å². The Kier molecular flexibility index (Phi) is 2.95. The molecule has 9 heavy (non-hydrogen) atoms. The summed E-state index contributed by atoms with van der Waals surface area (Å²) in [7, 11) is 0.753. The minimum absolute atomic E-state index is 0.104. The van der Waals surface area contributed by atoms with E-state index >= 15 is 0 Å². The predicted octanol–water partition coefficient (Wildman–Crippen LogP) is 2.47. The fraction of sp³-hybridized carbons (Fsp3) is 0.500. The molecule has 0 heterocycles. The minimum Gasteiger partial charge on any atom is -0.119 e. The molecule has 0 aliphatic carbocycles. The highest BCUT2D eigenvalue weighted by atomic mass is 31.1. The molecule has 0 fully saturated rings. The third-order valence-electron chi connectivity index (χ3n) is 1.42. The molecule has 0 spiro atoms. The van der Waals surface area contributed by atoms with Crippen LogP contribution in [0.25, 0.3) is 0 Å². The van der Waals surface area contributed by atoms with Crippen molar-refractivity contribution >= 4 is 8.58 Å². The van der Waals surface area contributed by atoms with Crippen LogP contribution in [0.1, 0.15) is 13.8 Å². The summed E-state index contributed by atoms with van der Waals surface area (Å²) in [6.45, 7) is 10.0. The summed E-state index contributed by atoms with van der Waals surface area (Å²) in [4.78, 5) is 0. The summed E-state index contributed by atoms with van der Waals surface area (Å²) in [5.74, 6) is 2.70.